The van der Waals surface area contributed by atoms with Crippen LogP contribution in [0.15, 0.2) is 34.6 Å². The van der Waals surface area contributed by atoms with Crippen LogP contribution >= 0.6 is 0 Å². The fourth-order valence-corrected chi connectivity index (χ4v) is 1.09. The number of amides is 1. The molecule has 0 bridgehead atoms. The predicted octanol–water partition coefficient (Wildman–Crippen LogP) is 1.11. The van der Waals surface area contributed by atoms with E-state index in [-0.39, 0.29) is 18.2 Å². The number of benzene rings is 1. The van der Waals surface area contributed by atoms with E-state index in [1.807, 2.05) is 0 Å². The van der Waals surface area contributed by atoms with Gasteiger partial charge in [-0.15, -0.1) is 0 Å². The van der Waals surface area contributed by atoms with Crippen molar-refractivity contribution < 1.29 is 9.90 Å². The van der Waals surface area contributed by atoms with Crippen molar-refractivity contribution in [3.8, 4) is 5.75 Å². The quantitative estimate of drug-likeness (QED) is 0.698. The smallest absolute Gasteiger partial charge is 0.287 e. The molecule has 0 atom stereocenters. The third kappa shape index (κ3) is 1.48. The minimum absolute atomic E-state index is 0.142. The summed E-state index contributed by atoms with van der Waals surface area (Å²) < 4.78 is 0. The minimum atomic E-state index is -0.275. The zero-order valence-corrected chi connectivity index (χ0v) is 6.71. The molecule has 0 spiro atoms. The molecule has 13 heavy (non-hydrogen) atoms. The van der Waals surface area contributed by atoms with Crippen LogP contribution < -0.4 is 5.01 Å². The molecule has 0 saturated carbocycles. The van der Waals surface area contributed by atoms with Crippen molar-refractivity contribution in [3.63, 3.8) is 0 Å². The molecule has 0 unspecified atom stereocenters. The molecule has 0 aromatic heterocycles. The van der Waals surface area contributed by atoms with Gasteiger partial charge in [0.05, 0.1) is 5.69 Å². The van der Waals surface area contributed by atoms with Gasteiger partial charge in [-0.05, 0) is 12.1 Å². The van der Waals surface area contributed by atoms with E-state index >= 15 is 0 Å². The molecule has 1 amide bonds. The third-order valence-corrected chi connectivity index (χ3v) is 1.68. The Morgan fingerprint density at radius 2 is 2.31 bits per heavy atom. The van der Waals surface area contributed by atoms with Crippen molar-refractivity contribution in [2.75, 3.05) is 11.6 Å². The first kappa shape index (κ1) is 7.72. The van der Waals surface area contributed by atoms with Gasteiger partial charge in [0.15, 0.2) is 0 Å². The molecule has 1 aromatic rings. The monoisotopic (exact) mass is 177 g/mol. The summed E-state index contributed by atoms with van der Waals surface area (Å²) >= 11 is 0. The van der Waals surface area contributed by atoms with Crippen molar-refractivity contribution >= 4 is 11.6 Å². The number of aromatic hydroxyl groups is 1. The topological polar surface area (TPSA) is 65.3 Å². The van der Waals surface area contributed by atoms with E-state index in [9.17, 15) is 4.79 Å². The number of hydrogen-bond donors (Lipinski definition) is 1. The van der Waals surface area contributed by atoms with E-state index in [1.54, 1.807) is 18.2 Å². The minimum Gasteiger partial charge on any atom is -0.508 e. The summed E-state index contributed by atoms with van der Waals surface area (Å²) in [5.74, 6) is -0.129. The van der Waals surface area contributed by atoms with Crippen molar-refractivity contribution in [2.45, 2.75) is 0 Å². The molecule has 1 N–H and O–H groups in total. The van der Waals surface area contributed by atoms with E-state index in [0.717, 1.165) is 0 Å². The second-order valence-corrected chi connectivity index (χ2v) is 2.66. The lowest BCUT2D eigenvalue weighted by molar-refractivity contribution is -0.116. The fraction of sp³-hybridized carbons (Fsp3) is 0.125. The Hall–Kier alpha value is -1.91. The van der Waals surface area contributed by atoms with E-state index < -0.39 is 0 Å². The maximum absolute atomic E-state index is 10.7. The molecule has 0 radical (unpaired) electrons. The molecular weight excluding hydrogens is 170 g/mol. The normalized spacial score (nSPS) is 15.4. The summed E-state index contributed by atoms with van der Waals surface area (Å²) in [5.41, 5.74) is 0.662. The lowest BCUT2D eigenvalue weighted by Crippen LogP contribution is -2.16. The molecule has 5 heteroatoms. The van der Waals surface area contributed by atoms with Gasteiger partial charge in [-0.2, -0.15) is 0 Å². The second-order valence-electron chi connectivity index (χ2n) is 2.66. The van der Waals surface area contributed by atoms with Crippen molar-refractivity contribution in [1.82, 2.24) is 0 Å². The molecule has 1 aromatic carbocycles. The Balaban J connectivity index is 2.27. The van der Waals surface area contributed by atoms with Gasteiger partial charge in [0.2, 0.25) is 0 Å². The number of carbonyl (C=O) groups is 1. The van der Waals surface area contributed by atoms with Gasteiger partial charge in [0, 0.05) is 6.07 Å². The van der Waals surface area contributed by atoms with Gasteiger partial charge in [-0.25, -0.2) is 5.01 Å². The Bertz CT molecular complexity index is 375. The number of hydrogen-bond acceptors (Lipinski definition) is 4. The van der Waals surface area contributed by atoms with E-state index in [4.69, 9.17) is 5.11 Å². The molecule has 1 aliphatic rings. The van der Waals surface area contributed by atoms with Crippen LogP contribution in [0.2, 0.25) is 0 Å². The largest absolute Gasteiger partial charge is 0.508 e. The van der Waals surface area contributed by atoms with Crippen LogP contribution in [-0.4, -0.2) is 17.6 Å². The third-order valence-electron chi connectivity index (χ3n) is 1.68. The van der Waals surface area contributed by atoms with E-state index in [1.165, 1.54) is 11.1 Å². The maximum atomic E-state index is 10.7. The van der Waals surface area contributed by atoms with Crippen molar-refractivity contribution in [1.29, 1.82) is 0 Å². The molecule has 66 valence electrons. The zero-order chi connectivity index (χ0) is 9.26. The van der Waals surface area contributed by atoms with Crippen molar-refractivity contribution in [3.05, 3.63) is 24.3 Å². The van der Waals surface area contributed by atoms with Crippen LogP contribution in [0.4, 0.5) is 5.69 Å². The number of rotatable bonds is 1. The van der Waals surface area contributed by atoms with Crippen LogP contribution in [-0.2, 0) is 4.79 Å². The summed E-state index contributed by atoms with van der Waals surface area (Å²) in [5, 5.41) is 17.6. The van der Waals surface area contributed by atoms with Crippen LogP contribution in [0.1, 0.15) is 0 Å². The summed E-state index contributed by atoms with van der Waals surface area (Å²) in [6.07, 6.45) is 0. The summed E-state index contributed by atoms with van der Waals surface area (Å²) in [6.45, 7) is 0.142. The van der Waals surface area contributed by atoms with E-state index in [0.29, 0.717) is 5.69 Å². The highest BCUT2D eigenvalue weighted by Crippen LogP contribution is 2.22. The molecule has 0 saturated heterocycles. The average molecular weight is 177 g/mol. The Labute approximate surface area is 74.3 Å². The molecular formula is C8H7N3O2. The number of nitrogens with zero attached hydrogens (tertiary/aromatic N) is 3. The number of phenols is 1. The lowest BCUT2D eigenvalue weighted by atomic mass is 10.3. The number of anilines is 1. The first-order chi connectivity index (χ1) is 6.25. The van der Waals surface area contributed by atoms with Crippen molar-refractivity contribution in [2.24, 2.45) is 10.3 Å². The predicted molar refractivity (Wildman–Crippen MR) is 45.3 cm³/mol. The second kappa shape index (κ2) is 2.85. The van der Waals surface area contributed by atoms with Gasteiger partial charge in [-0.3, -0.25) is 4.79 Å². The van der Waals surface area contributed by atoms with Gasteiger partial charge in [-0.1, -0.05) is 16.4 Å². The number of carbonyl (C=O) groups excluding carboxylic acids is 1. The fourth-order valence-electron chi connectivity index (χ4n) is 1.09. The Morgan fingerprint density at radius 3 is 2.92 bits per heavy atom. The molecule has 1 heterocycles. The average Bonchev–Trinajstić information content (AvgIpc) is 2.52. The van der Waals surface area contributed by atoms with E-state index in [2.05, 4.69) is 10.3 Å². The first-order valence-electron chi connectivity index (χ1n) is 3.77. The van der Waals surface area contributed by atoms with Crippen LogP contribution in [0, 0.1) is 0 Å². The highest BCUT2D eigenvalue weighted by Gasteiger charge is 2.16. The Kier molecular flexibility index (Phi) is 1.70. The molecule has 2 rings (SSSR count). The molecule has 0 fully saturated rings. The highest BCUT2D eigenvalue weighted by atomic mass is 16.3. The molecule has 0 aliphatic carbocycles. The zero-order valence-electron chi connectivity index (χ0n) is 6.71. The van der Waals surface area contributed by atoms with Crippen LogP contribution in [0.3, 0.4) is 0 Å². The number of phenolic OH excluding ortho intramolecular Hbond substituents is 1. The molecule has 1 aliphatic heterocycles. The SMILES string of the molecule is O=C1CN(c2cccc(O)c2)N=N1. The van der Waals surface area contributed by atoms with Crippen LogP contribution in [0.5, 0.6) is 5.75 Å². The van der Waals surface area contributed by atoms with Gasteiger partial charge < -0.3 is 5.11 Å². The standard InChI is InChI=1S/C8H7N3O2/c12-7-3-1-2-6(4-7)11-5-8(13)9-10-11/h1-4,12H,5H2. The Morgan fingerprint density at radius 1 is 1.46 bits per heavy atom. The van der Waals surface area contributed by atoms with Gasteiger partial charge in [0.25, 0.3) is 5.91 Å². The first-order valence-corrected chi connectivity index (χ1v) is 3.77. The summed E-state index contributed by atoms with van der Waals surface area (Å²) in [7, 11) is 0. The lowest BCUT2D eigenvalue weighted by Gasteiger charge is -2.09. The maximum Gasteiger partial charge on any atom is 0.287 e. The molecule has 5 nitrogen and oxygen atoms in total. The highest BCUT2D eigenvalue weighted by molar-refractivity contribution is 5.83. The summed E-state index contributed by atoms with van der Waals surface area (Å²) in [6, 6.07) is 6.51. The summed E-state index contributed by atoms with van der Waals surface area (Å²) in [4.78, 5) is 10.7. The van der Waals surface area contributed by atoms with Gasteiger partial charge in [0.1, 0.15) is 12.3 Å². The van der Waals surface area contributed by atoms with Crippen LogP contribution in [0.25, 0.3) is 0 Å². The van der Waals surface area contributed by atoms with Gasteiger partial charge >= 0.3 is 0 Å².